The predicted octanol–water partition coefficient (Wildman–Crippen LogP) is 4.68. The fourth-order valence-corrected chi connectivity index (χ4v) is 3.33. The normalized spacial score (nSPS) is 16.5. The van der Waals surface area contributed by atoms with Gasteiger partial charge in [0.25, 0.3) is 5.91 Å². The van der Waals surface area contributed by atoms with E-state index in [1.807, 2.05) is 0 Å². The van der Waals surface area contributed by atoms with Gasteiger partial charge in [-0.2, -0.15) is 13.2 Å². The van der Waals surface area contributed by atoms with Crippen LogP contribution in [0, 0.1) is 3.70 Å². The Hall–Kier alpha value is -1.29. The van der Waals surface area contributed by atoms with Crippen molar-refractivity contribution < 1.29 is 18.0 Å². The van der Waals surface area contributed by atoms with Gasteiger partial charge in [0.15, 0.2) is 0 Å². The van der Waals surface area contributed by atoms with E-state index in [1.54, 1.807) is 17.1 Å². The number of halogens is 5. The molecule has 0 radical (unpaired) electrons. The number of rotatable bonds is 3. The first-order chi connectivity index (χ1) is 11.2. The van der Waals surface area contributed by atoms with Gasteiger partial charge in [0.2, 0.25) is 0 Å². The van der Waals surface area contributed by atoms with Gasteiger partial charge >= 0.3 is 6.18 Å². The molecule has 1 heterocycles. The second-order valence-electron chi connectivity index (χ2n) is 5.64. The molecule has 1 aromatic carbocycles. The quantitative estimate of drug-likeness (QED) is 0.664. The molecule has 0 aliphatic heterocycles. The average molecular weight is 470 g/mol. The van der Waals surface area contributed by atoms with Crippen LogP contribution >= 0.6 is 34.2 Å². The molecule has 24 heavy (non-hydrogen) atoms. The van der Waals surface area contributed by atoms with E-state index in [1.165, 1.54) is 6.07 Å². The summed E-state index contributed by atoms with van der Waals surface area (Å²) in [5.74, 6) is -0.302. The molecule has 0 bridgehead atoms. The Balaban J connectivity index is 1.84. The van der Waals surface area contributed by atoms with Crippen LogP contribution in [0.2, 0.25) is 5.02 Å². The summed E-state index contributed by atoms with van der Waals surface area (Å²) in [7, 11) is 0. The highest BCUT2D eigenvalue weighted by atomic mass is 127. The molecule has 2 aromatic rings. The molecule has 1 N–H and O–H groups in total. The third kappa shape index (κ3) is 3.13. The number of carbonyl (C=O) groups excluding carboxylic acids is 1. The summed E-state index contributed by atoms with van der Waals surface area (Å²) in [6.45, 7) is 0. The zero-order chi connectivity index (χ0) is 17.5. The van der Waals surface area contributed by atoms with E-state index in [9.17, 15) is 18.0 Å². The minimum atomic E-state index is -4.48. The van der Waals surface area contributed by atoms with Crippen LogP contribution in [0.4, 0.5) is 18.9 Å². The van der Waals surface area contributed by atoms with Gasteiger partial charge in [-0.1, -0.05) is 11.6 Å². The molecule has 1 aliphatic rings. The molecule has 128 valence electrons. The number of nitrogens with one attached hydrogen (secondary N) is 1. The third-order valence-corrected chi connectivity index (χ3v) is 5.06. The number of hydrogen-bond donors (Lipinski definition) is 1. The minimum absolute atomic E-state index is 0.145. The van der Waals surface area contributed by atoms with Crippen molar-refractivity contribution in [3.05, 3.63) is 45.0 Å². The summed E-state index contributed by atoms with van der Waals surface area (Å²) in [5.41, 5.74) is -1.45. The lowest BCUT2D eigenvalue weighted by Crippen LogP contribution is -2.50. The maximum absolute atomic E-state index is 12.7. The Kier molecular flexibility index (Phi) is 4.54. The topological polar surface area (TPSA) is 46.9 Å². The molecule has 4 nitrogen and oxygen atoms in total. The SMILES string of the molecule is O=C(Nc1ccc(C(F)(F)F)cc1Cl)C1(n2cnc(I)c2)CCC1. The summed E-state index contributed by atoms with van der Waals surface area (Å²) in [4.78, 5) is 16.8. The standard InChI is InChI=1S/C15H12ClF3IN3O/c16-10-6-9(15(17,18)19)2-3-11(10)22-13(24)14(4-1-5-14)23-7-12(20)21-8-23/h2-3,6-8H,1,4-5H2,(H,22,24). The number of alkyl halides is 3. The molecule has 3 rings (SSSR count). The summed E-state index contributed by atoms with van der Waals surface area (Å²) in [6, 6.07) is 2.88. The Morgan fingerprint density at radius 2 is 2.08 bits per heavy atom. The molecule has 0 saturated heterocycles. The van der Waals surface area contributed by atoms with Crippen molar-refractivity contribution in [1.29, 1.82) is 0 Å². The number of carbonyl (C=O) groups is 1. The van der Waals surface area contributed by atoms with Crippen molar-refractivity contribution in [2.24, 2.45) is 0 Å². The third-order valence-electron chi connectivity index (χ3n) is 4.19. The Morgan fingerprint density at radius 3 is 2.54 bits per heavy atom. The Bertz CT molecular complexity index is 787. The largest absolute Gasteiger partial charge is 0.416 e. The van der Waals surface area contributed by atoms with Gasteiger partial charge < -0.3 is 9.88 Å². The zero-order valence-electron chi connectivity index (χ0n) is 12.2. The number of aromatic nitrogens is 2. The maximum atomic E-state index is 12.7. The van der Waals surface area contributed by atoms with Crippen LogP contribution in [0.25, 0.3) is 0 Å². The fraction of sp³-hybridized carbons (Fsp3) is 0.333. The lowest BCUT2D eigenvalue weighted by molar-refractivity contribution is -0.137. The van der Waals surface area contributed by atoms with Crippen LogP contribution < -0.4 is 5.32 Å². The zero-order valence-corrected chi connectivity index (χ0v) is 15.1. The number of imidazole rings is 1. The van der Waals surface area contributed by atoms with Crippen molar-refractivity contribution in [3.8, 4) is 0 Å². The molecule has 1 saturated carbocycles. The molecular formula is C15H12ClF3IN3O. The molecule has 1 aliphatic carbocycles. The summed E-state index contributed by atoms with van der Waals surface area (Å²) in [6.07, 6.45) is 1.06. The average Bonchev–Trinajstić information content (AvgIpc) is 2.85. The van der Waals surface area contributed by atoms with Gasteiger partial charge in [0.05, 0.1) is 22.6 Å². The molecule has 0 atom stereocenters. The molecule has 0 spiro atoms. The maximum Gasteiger partial charge on any atom is 0.416 e. The number of nitrogens with zero attached hydrogens (tertiary/aromatic N) is 2. The van der Waals surface area contributed by atoms with Gasteiger partial charge in [-0.3, -0.25) is 4.79 Å². The molecular weight excluding hydrogens is 458 g/mol. The predicted molar refractivity (Wildman–Crippen MR) is 91.9 cm³/mol. The first kappa shape index (κ1) is 17.5. The van der Waals surface area contributed by atoms with Crippen LogP contribution in [0.15, 0.2) is 30.7 Å². The van der Waals surface area contributed by atoms with Crippen LogP contribution in [0.5, 0.6) is 0 Å². The summed E-state index contributed by atoms with van der Waals surface area (Å²) in [5, 5.41) is 2.50. The Labute approximate surface area is 154 Å². The summed E-state index contributed by atoms with van der Waals surface area (Å²) < 4.78 is 40.6. The van der Waals surface area contributed by atoms with Crippen LogP contribution in [-0.4, -0.2) is 15.5 Å². The second kappa shape index (κ2) is 6.21. The van der Waals surface area contributed by atoms with Crippen LogP contribution in [0.1, 0.15) is 24.8 Å². The van der Waals surface area contributed by atoms with Gasteiger partial charge in [-0.25, -0.2) is 4.98 Å². The lowest BCUT2D eigenvalue weighted by atomic mass is 9.75. The van der Waals surface area contributed by atoms with E-state index in [0.717, 1.165) is 22.3 Å². The van der Waals surface area contributed by atoms with Crippen molar-refractivity contribution in [2.75, 3.05) is 5.32 Å². The fourth-order valence-electron chi connectivity index (χ4n) is 2.68. The van der Waals surface area contributed by atoms with Crippen molar-refractivity contribution in [1.82, 2.24) is 9.55 Å². The van der Waals surface area contributed by atoms with Crippen molar-refractivity contribution in [2.45, 2.75) is 31.0 Å². The molecule has 9 heteroatoms. The molecule has 1 amide bonds. The van der Waals surface area contributed by atoms with E-state index in [0.29, 0.717) is 12.8 Å². The molecule has 0 unspecified atom stereocenters. The smallest absolute Gasteiger partial charge is 0.323 e. The minimum Gasteiger partial charge on any atom is -0.323 e. The first-order valence-electron chi connectivity index (χ1n) is 7.10. The highest BCUT2D eigenvalue weighted by molar-refractivity contribution is 14.1. The lowest BCUT2D eigenvalue weighted by Gasteiger charge is -2.41. The van der Waals surface area contributed by atoms with Crippen molar-refractivity contribution in [3.63, 3.8) is 0 Å². The van der Waals surface area contributed by atoms with E-state index < -0.39 is 17.3 Å². The van der Waals surface area contributed by atoms with Gasteiger partial charge in [0.1, 0.15) is 9.24 Å². The van der Waals surface area contributed by atoms with Crippen LogP contribution in [-0.2, 0) is 16.5 Å². The van der Waals surface area contributed by atoms with E-state index in [2.05, 4.69) is 32.9 Å². The van der Waals surface area contributed by atoms with E-state index in [-0.39, 0.29) is 16.6 Å². The van der Waals surface area contributed by atoms with E-state index >= 15 is 0 Å². The van der Waals surface area contributed by atoms with Crippen molar-refractivity contribution >= 4 is 45.8 Å². The number of anilines is 1. The number of benzene rings is 1. The number of hydrogen-bond acceptors (Lipinski definition) is 2. The van der Waals surface area contributed by atoms with Gasteiger partial charge in [0, 0.05) is 6.20 Å². The second-order valence-corrected chi connectivity index (χ2v) is 7.15. The Morgan fingerprint density at radius 1 is 1.38 bits per heavy atom. The molecule has 1 aromatic heterocycles. The highest BCUT2D eigenvalue weighted by Crippen LogP contribution is 2.41. The molecule has 1 fully saturated rings. The highest BCUT2D eigenvalue weighted by Gasteiger charge is 2.46. The monoisotopic (exact) mass is 469 g/mol. The first-order valence-corrected chi connectivity index (χ1v) is 8.56. The van der Waals surface area contributed by atoms with Gasteiger partial charge in [-0.15, -0.1) is 0 Å². The van der Waals surface area contributed by atoms with Gasteiger partial charge in [-0.05, 0) is 60.1 Å². The van der Waals surface area contributed by atoms with E-state index in [4.69, 9.17) is 11.6 Å². The van der Waals surface area contributed by atoms with Crippen LogP contribution in [0.3, 0.4) is 0 Å². The summed E-state index contributed by atoms with van der Waals surface area (Å²) >= 11 is 7.96. The number of amides is 1.